The van der Waals surface area contributed by atoms with Gasteiger partial charge in [0.1, 0.15) is 5.75 Å². The van der Waals surface area contributed by atoms with E-state index < -0.39 is 0 Å². The first kappa shape index (κ1) is 15.5. The third-order valence-electron chi connectivity index (χ3n) is 2.68. The van der Waals surface area contributed by atoms with E-state index in [1.165, 1.54) is 0 Å². The molecule has 0 bridgehead atoms. The smallest absolute Gasteiger partial charge is 0.255 e. The number of para-hydroxylation sites is 1. The van der Waals surface area contributed by atoms with Gasteiger partial charge in [-0.25, -0.2) is 0 Å². The number of hydrogen-bond donors (Lipinski definition) is 2. The lowest BCUT2D eigenvalue weighted by atomic mass is 10.1. The molecule has 0 radical (unpaired) electrons. The van der Waals surface area contributed by atoms with Crippen LogP contribution in [-0.4, -0.2) is 30.8 Å². The Balaban J connectivity index is 2.30. The molecule has 0 aliphatic rings. The summed E-state index contributed by atoms with van der Waals surface area (Å²) >= 11 is 0. The second kappa shape index (κ2) is 7.79. The number of benzene rings is 1. The lowest BCUT2D eigenvalue weighted by molar-refractivity contribution is 0.0922. The van der Waals surface area contributed by atoms with Crippen molar-refractivity contribution in [3.05, 3.63) is 29.3 Å². The molecule has 0 heterocycles. The van der Waals surface area contributed by atoms with Crippen LogP contribution in [0, 0.1) is 12.8 Å². The number of carbonyl (C=O) groups excluding carboxylic acids is 1. The van der Waals surface area contributed by atoms with Gasteiger partial charge in [0.05, 0.1) is 5.56 Å². The van der Waals surface area contributed by atoms with E-state index in [1.807, 2.05) is 0 Å². The molecule has 4 nitrogen and oxygen atoms in total. The van der Waals surface area contributed by atoms with Crippen LogP contribution in [0.4, 0.5) is 0 Å². The summed E-state index contributed by atoms with van der Waals surface area (Å²) in [5.41, 5.74) is 1.02. The molecule has 0 spiro atoms. The van der Waals surface area contributed by atoms with E-state index in [0.717, 1.165) is 13.0 Å². The molecule has 1 rings (SSSR count). The van der Waals surface area contributed by atoms with Crippen molar-refractivity contribution in [3.8, 4) is 5.75 Å². The summed E-state index contributed by atoms with van der Waals surface area (Å²) in [4.78, 5) is 11.8. The fraction of sp³-hybridized carbons (Fsp3) is 0.533. The number of amides is 1. The molecule has 0 aliphatic heterocycles. The number of phenolic OH excluding ortho intramolecular Hbond substituents is 1. The predicted octanol–water partition coefficient (Wildman–Crippen LogP) is 2.49. The first-order chi connectivity index (χ1) is 9.02. The number of aromatic hydroxyl groups is 1. The minimum absolute atomic E-state index is 0.0519. The van der Waals surface area contributed by atoms with Crippen LogP contribution in [0.5, 0.6) is 5.75 Å². The van der Waals surface area contributed by atoms with Crippen molar-refractivity contribution in [3.63, 3.8) is 0 Å². The molecule has 0 saturated carbocycles. The van der Waals surface area contributed by atoms with Crippen LogP contribution in [0.3, 0.4) is 0 Å². The molecule has 2 N–H and O–H groups in total. The van der Waals surface area contributed by atoms with Crippen molar-refractivity contribution in [1.82, 2.24) is 5.32 Å². The Hall–Kier alpha value is -1.55. The lowest BCUT2D eigenvalue weighted by Crippen LogP contribution is -2.25. The number of rotatable bonds is 7. The summed E-state index contributed by atoms with van der Waals surface area (Å²) in [6.07, 6.45) is 0.769. The number of hydrogen-bond acceptors (Lipinski definition) is 3. The van der Waals surface area contributed by atoms with Crippen molar-refractivity contribution < 1.29 is 14.6 Å². The van der Waals surface area contributed by atoms with E-state index in [4.69, 9.17) is 4.74 Å². The van der Waals surface area contributed by atoms with Crippen LogP contribution < -0.4 is 5.32 Å². The summed E-state index contributed by atoms with van der Waals surface area (Å²) in [6.45, 7) is 7.89. The van der Waals surface area contributed by atoms with Crippen molar-refractivity contribution in [2.24, 2.45) is 5.92 Å². The van der Waals surface area contributed by atoms with Gasteiger partial charge in [-0.3, -0.25) is 4.79 Å². The number of phenols is 1. The highest BCUT2D eigenvalue weighted by Gasteiger charge is 2.11. The fourth-order valence-electron chi connectivity index (χ4n) is 1.63. The van der Waals surface area contributed by atoms with E-state index in [2.05, 4.69) is 19.2 Å². The molecule has 1 aromatic carbocycles. The van der Waals surface area contributed by atoms with Crippen molar-refractivity contribution in [2.45, 2.75) is 27.2 Å². The number of carbonyl (C=O) groups is 1. The standard InChI is InChI=1S/C15H23NO3/c1-11(2)10-19-9-5-8-16-15(18)13-7-4-6-12(3)14(13)17/h4,6-7,11,17H,5,8-10H2,1-3H3,(H,16,18). The van der Waals surface area contributed by atoms with Gasteiger partial charge in [-0.05, 0) is 30.9 Å². The molecule has 1 aromatic rings. The topological polar surface area (TPSA) is 58.6 Å². The third kappa shape index (κ3) is 5.30. The minimum Gasteiger partial charge on any atom is -0.507 e. The molecule has 0 atom stereocenters. The number of nitrogens with one attached hydrogen (secondary N) is 1. The zero-order valence-corrected chi connectivity index (χ0v) is 11.9. The maximum atomic E-state index is 11.8. The summed E-state index contributed by atoms with van der Waals surface area (Å²) in [6, 6.07) is 5.15. The molecule has 0 aliphatic carbocycles. The summed E-state index contributed by atoms with van der Waals surface area (Å²) < 4.78 is 5.42. The second-order valence-electron chi connectivity index (χ2n) is 5.05. The van der Waals surface area contributed by atoms with Crippen LogP contribution in [0.15, 0.2) is 18.2 Å². The average Bonchev–Trinajstić information content (AvgIpc) is 2.36. The van der Waals surface area contributed by atoms with E-state index >= 15 is 0 Å². The molecule has 0 unspecified atom stereocenters. The van der Waals surface area contributed by atoms with Crippen molar-refractivity contribution in [1.29, 1.82) is 0 Å². The fourth-order valence-corrected chi connectivity index (χ4v) is 1.63. The minimum atomic E-state index is -0.245. The molecule has 19 heavy (non-hydrogen) atoms. The average molecular weight is 265 g/mol. The van der Waals surface area contributed by atoms with Crippen LogP contribution in [0.25, 0.3) is 0 Å². The summed E-state index contributed by atoms with van der Waals surface area (Å²) in [5.74, 6) is 0.333. The van der Waals surface area contributed by atoms with Gasteiger partial charge in [-0.1, -0.05) is 26.0 Å². The van der Waals surface area contributed by atoms with Crippen molar-refractivity contribution in [2.75, 3.05) is 19.8 Å². The molecule has 0 fully saturated rings. The van der Waals surface area contributed by atoms with Gasteiger partial charge >= 0.3 is 0 Å². The molecule has 0 aromatic heterocycles. The highest BCUT2D eigenvalue weighted by Crippen LogP contribution is 2.20. The Kier molecular flexibility index (Phi) is 6.36. The first-order valence-corrected chi connectivity index (χ1v) is 6.67. The van der Waals surface area contributed by atoms with Gasteiger partial charge < -0.3 is 15.2 Å². The maximum Gasteiger partial charge on any atom is 0.255 e. The van der Waals surface area contributed by atoms with Gasteiger partial charge in [0.2, 0.25) is 0 Å². The third-order valence-corrected chi connectivity index (χ3v) is 2.68. The zero-order valence-electron chi connectivity index (χ0n) is 11.9. The van der Waals surface area contributed by atoms with Gasteiger partial charge in [-0.15, -0.1) is 0 Å². The molecule has 4 heteroatoms. The van der Waals surface area contributed by atoms with Crippen LogP contribution in [0.1, 0.15) is 36.2 Å². The zero-order chi connectivity index (χ0) is 14.3. The molecule has 1 amide bonds. The Morgan fingerprint density at radius 2 is 2.16 bits per heavy atom. The lowest BCUT2D eigenvalue weighted by Gasteiger charge is -2.09. The van der Waals surface area contributed by atoms with Gasteiger partial charge in [0, 0.05) is 19.8 Å². The molecular formula is C15H23NO3. The van der Waals surface area contributed by atoms with E-state index in [-0.39, 0.29) is 11.7 Å². The number of ether oxygens (including phenoxy) is 1. The maximum absolute atomic E-state index is 11.8. The molecule has 0 saturated heterocycles. The highest BCUT2D eigenvalue weighted by atomic mass is 16.5. The number of aryl methyl sites for hydroxylation is 1. The van der Waals surface area contributed by atoms with Gasteiger partial charge in [0.25, 0.3) is 5.91 Å². The highest BCUT2D eigenvalue weighted by molar-refractivity contribution is 5.97. The van der Waals surface area contributed by atoms with Crippen LogP contribution >= 0.6 is 0 Å². The largest absolute Gasteiger partial charge is 0.507 e. The van der Waals surface area contributed by atoms with E-state index in [1.54, 1.807) is 25.1 Å². The van der Waals surface area contributed by atoms with E-state index in [0.29, 0.717) is 30.2 Å². The Morgan fingerprint density at radius 3 is 2.84 bits per heavy atom. The van der Waals surface area contributed by atoms with Crippen LogP contribution in [-0.2, 0) is 4.74 Å². The normalized spacial score (nSPS) is 10.7. The van der Waals surface area contributed by atoms with Gasteiger partial charge in [0.15, 0.2) is 0 Å². The molecule has 106 valence electrons. The second-order valence-corrected chi connectivity index (χ2v) is 5.05. The SMILES string of the molecule is Cc1cccc(C(=O)NCCCOCC(C)C)c1O. The van der Waals surface area contributed by atoms with Gasteiger partial charge in [-0.2, -0.15) is 0 Å². The predicted molar refractivity (Wildman–Crippen MR) is 75.5 cm³/mol. The quantitative estimate of drug-likeness (QED) is 0.745. The Labute approximate surface area is 114 Å². The summed E-state index contributed by atoms with van der Waals surface area (Å²) in [5, 5.41) is 12.6. The Morgan fingerprint density at radius 1 is 1.42 bits per heavy atom. The van der Waals surface area contributed by atoms with E-state index in [9.17, 15) is 9.90 Å². The Bertz CT molecular complexity index is 416. The summed E-state index contributed by atoms with van der Waals surface area (Å²) in [7, 11) is 0. The monoisotopic (exact) mass is 265 g/mol. The molecular weight excluding hydrogens is 242 g/mol. The first-order valence-electron chi connectivity index (χ1n) is 6.67. The van der Waals surface area contributed by atoms with Crippen molar-refractivity contribution >= 4 is 5.91 Å². The van der Waals surface area contributed by atoms with Crippen LogP contribution in [0.2, 0.25) is 0 Å².